The Balaban J connectivity index is 2.29. The van der Waals surface area contributed by atoms with E-state index in [1.165, 1.54) is 12.5 Å². The first-order valence-electron chi connectivity index (χ1n) is 6.38. The van der Waals surface area contributed by atoms with Crippen LogP contribution in [0.25, 0.3) is 0 Å². The predicted octanol–water partition coefficient (Wildman–Crippen LogP) is 1.33. The highest BCUT2D eigenvalue weighted by atomic mass is 16.5. The molecular weight excluding hydrogens is 258 g/mol. The van der Waals surface area contributed by atoms with E-state index in [0.29, 0.717) is 12.2 Å². The summed E-state index contributed by atoms with van der Waals surface area (Å²) in [5.74, 6) is -0.0925. The zero-order valence-electron chi connectivity index (χ0n) is 11.8. The fourth-order valence-electron chi connectivity index (χ4n) is 1.93. The third kappa shape index (κ3) is 3.21. The molecule has 0 saturated carbocycles. The monoisotopic (exact) mass is 276 g/mol. The van der Waals surface area contributed by atoms with Crippen LogP contribution >= 0.6 is 0 Å². The van der Waals surface area contributed by atoms with Gasteiger partial charge in [-0.25, -0.2) is 0 Å². The third-order valence-corrected chi connectivity index (χ3v) is 2.88. The van der Waals surface area contributed by atoms with E-state index in [-0.39, 0.29) is 11.8 Å². The van der Waals surface area contributed by atoms with Crippen molar-refractivity contribution in [3.05, 3.63) is 41.1 Å². The summed E-state index contributed by atoms with van der Waals surface area (Å²) < 4.78 is 6.63. The number of aliphatic hydroxyl groups is 1. The first kappa shape index (κ1) is 14.2. The second kappa shape index (κ2) is 5.83. The van der Waals surface area contributed by atoms with E-state index in [1.807, 2.05) is 31.2 Å². The summed E-state index contributed by atoms with van der Waals surface area (Å²) in [6, 6.07) is 7.99. The van der Waals surface area contributed by atoms with Crippen LogP contribution in [0.1, 0.15) is 36.8 Å². The zero-order valence-corrected chi connectivity index (χ0v) is 11.8. The van der Waals surface area contributed by atoms with Crippen LogP contribution in [-0.4, -0.2) is 16.3 Å². The van der Waals surface area contributed by atoms with Crippen molar-refractivity contribution < 1.29 is 19.1 Å². The number of anilines is 1. The minimum Gasteiger partial charge on any atom is -0.382 e. The highest BCUT2D eigenvalue weighted by Crippen LogP contribution is 2.18. The Kier molecular flexibility index (Phi) is 4.14. The molecule has 0 spiro atoms. The summed E-state index contributed by atoms with van der Waals surface area (Å²) in [6.45, 7) is 5.45. The number of benzene rings is 1. The lowest BCUT2D eigenvalue weighted by atomic mass is 10.1. The molecule has 2 rings (SSSR count). The first-order valence-corrected chi connectivity index (χ1v) is 6.38. The van der Waals surface area contributed by atoms with Crippen molar-refractivity contribution in [2.45, 2.75) is 33.4 Å². The van der Waals surface area contributed by atoms with Crippen molar-refractivity contribution >= 4 is 11.8 Å². The quantitative estimate of drug-likeness (QED) is 0.826. The van der Waals surface area contributed by atoms with Crippen LogP contribution in [-0.2, 0) is 11.3 Å². The van der Waals surface area contributed by atoms with Crippen LogP contribution < -0.4 is 10.00 Å². The maximum absolute atomic E-state index is 11.1. The number of aryl methyl sites for hydroxylation is 1. The van der Waals surface area contributed by atoms with E-state index in [1.54, 1.807) is 11.6 Å². The SMILES string of the molecule is CC(=O)Nc1on[n+](Cc2ccc(C)cc2)c1C(C)O. The van der Waals surface area contributed by atoms with E-state index in [0.717, 1.165) is 5.56 Å². The molecule has 0 radical (unpaired) electrons. The molecule has 6 nitrogen and oxygen atoms in total. The Bertz CT molecular complexity index is 603. The van der Waals surface area contributed by atoms with Crippen molar-refractivity contribution in [3.8, 4) is 0 Å². The lowest BCUT2D eigenvalue weighted by Crippen LogP contribution is -2.41. The van der Waals surface area contributed by atoms with Gasteiger partial charge in [-0.15, -0.1) is 0 Å². The van der Waals surface area contributed by atoms with E-state index in [9.17, 15) is 9.90 Å². The highest BCUT2D eigenvalue weighted by Gasteiger charge is 2.29. The molecule has 1 atom stereocenters. The first-order chi connectivity index (χ1) is 9.47. The molecule has 1 aromatic heterocycles. The Morgan fingerprint density at radius 2 is 2.10 bits per heavy atom. The molecule has 0 fully saturated rings. The lowest BCUT2D eigenvalue weighted by Gasteiger charge is -2.01. The van der Waals surface area contributed by atoms with Crippen LogP contribution in [0, 0.1) is 6.92 Å². The van der Waals surface area contributed by atoms with Crippen molar-refractivity contribution in [1.29, 1.82) is 0 Å². The number of nitrogens with one attached hydrogen (secondary N) is 1. The van der Waals surface area contributed by atoms with E-state index in [4.69, 9.17) is 4.52 Å². The summed E-state index contributed by atoms with van der Waals surface area (Å²) in [4.78, 5) is 11.1. The van der Waals surface area contributed by atoms with Gasteiger partial charge < -0.3 is 5.11 Å². The summed E-state index contributed by atoms with van der Waals surface area (Å²) >= 11 is 0. The maximum Gasteiger partial charge on any atom is 0.308 e. The second-order valence-electron chi connectivity index (χ2n) is 4.79. The van der Waals surface area contributed by atoms with E-state index in [2.05, 4.69) is 10.6 Å². The zero-order chi connectivity index (χ0) is 14.7. The van der Waals surface area contributed by atoms with Crippen LogP contribution in [0.3, 0.4) is 0 Å². The fourth-order valence-corrected chi connectivity index (χ4v) is 1.93. The number of hydrogen-bond acceptors (Lipinski definition) is 4. The molecule has 0 aliphatic carbocycles. The molecule has 2 N–H and O–H groups in total. The third-order valence-electron chi connectivity index (χ3n) is 2.88. The van der Waals surface area contributed by atoms with Gasteiger partial charge in [-0.1, -0.05) is 29.8 Å². The number of aromatic nitrogens is 2. The average molecular weight is 276 g/mol. The predicted molar refractivity (Wildman–Crippen MR) is 71.9 cm³/mol. The topological polar surface area (TPSA) is 79.2 Å². The number of amides is 1. The Morgan fingerprint density at radius 1 is 1.45 bits per heavy atom. The molecule has 2 aromatic rings. The van der Waals surface area contributed by atoms with Gasteiger partial charge in [0.1, 0.15) is 6.10 Å². The number of carbonyl (C=O) groups is 1. The van der Waals surface area contributed by atoms with Crippen LogP contribution in [0.4, 0.5) is 5.88 Å². The van der Waals surface area contributed by atoms with E-state index >= 15 is 0 Å². The fraction of sp³-hybridized carbons (Fsp3) is 0.357. The van der Waals surface area contributed by atoms with Gasteiger partial charge in [-0.05, 0) is 18.5 Å². The molecule has 0 bridgehead atoms. The Labute approximate surface area is 117 Å². The average Bonchev–Trinajstić information content (AvgIpc) is 2.74. The molecule has 0 aliphatic heterocycles. The number of aliphatic hydroxyl groups excluding tert-OH is 1. The van der Waals surface area contributed by atoms with Crippen molar-refractivity contribution in [1.82, 2.24) is 5.27 Å². The van der Waals surface area contributed by atoms with Gasteiger partial charge in [0.15, 0.2) is 0 Å². The summed E-state index contributed by atoms with van der Waals surface area (Å²) in [6.07, 6.45) is -0.798. The molecule has 1 aromatic carbocycles. The minimum absolute atomic E-state index is 0.180. The van der Waals surface area contributed by atoms with Crippen molar-refractivity contribution in [2.24, 2.45) is 0 Å². The molecule has 1 unspecified atom stereocenters. The number of nitrogens with zero attached hydrogens (tertiary/aromatic N) is 2. The summed E-state index contributed by atoms with van der Waals surface area (Å²) in [5.41, 5.74) is 2.65. The molecule has 0 saturated heterocycles. The molecule has 106 valence electrons. The van der Waals surface area contributed by atoms with Gasteiger partial charge >= 0.3 is 11.6 Å². The number of hydrogen-bond donors (Lipinski definition) is 2. The molecular formula is C14H18N3O3+. The van der Waals surface area contributed by atoms with Gasteiger partial charge in [0.05, 0.1) is 0 Å². The van der Waals surface area contributed by atoms with Crippen molar-refractivity contribution in [3.63, 3.8) is 0 Å². The van der Waals surface area contributed by atoms with Gasteiger partial charge in [0.25, 0.3) is 0 Å². The number of rotatable bonds is 4. The molecule has 1 amide bonds. The smallest absolute Gasteiger partial charge is 0.308 e. The molecule has 1 heterocycles. The van der Waals surface area contributed by atoms with Crippen LogP contribution in [0.2, 0.25) is 0 Å². The van der Waals surface area contributed by atoms with Crippen LogP contribution in [0.15, 0.2) is 28.8 Å². The van der Waals surface area contributed by atoms with Crippen LogP contribution in [0.5, 0.6) is 0 Å². The van der Waals surface area contributed by atoms with Gasteiger partial charge in [0, 0.05) is 12.5 Å². The largest absolute Gasteiger partial charge is 0.382 e. The second-order valence-corrected chi connectivity index (χ2v) is 4.79. The summed E-state index contributed by atoms with van der Waals surface area (Å²) in [5, 5.41) is 16.2. The standard InChI is InChI=1S/C14H17N3O3/c1-9-4-6-12(7-5-9)8-17-13(10(2)18)14(20-16-17)15-11(3)19/h4-7,10,18H,8H2,1-3H3/p+1. The lowest BCUT2D eigenvalue weighted by molar-refractivity contribution is -0.763. The minimum atomic E-state index is -0.798. The number of carbonyl (C=O) groups excluding carboxylic acids is 1. The highest BCUT2D eigenvalue weighted by molar-refractivity contribution is 5.87. The van der Waals surface area contributed by atoms with E-state index < -0.39 is 6.10 Å². The Morgan fingerprint density at radius 3 is 2.65 bits per heavy atom. The Hall–Kier alpha value is -2.21. The van der Waals surface area contributed by atoms with Gasteiger partial charge in [-0.3, -0.25) is 14.6 Å². The van der Waals surface area contributed by atoms with Gasteiger partial charge in [0.2, 0.25) is 17.7 Å². The molecule has 0 aliphatic rings. The molecule has 20 heavy (non-hydrogen) atoms. The molecule has 6 heteroatoms. The summed E-state index contributed by atoms with van der Waals surface area (Å²) in [7, 11) is 0. The van der Waals surface area contributed by atoms with Gasteiger partial charge in [-0.2, -0.15) is 0 Å². The maximum atomic E-state index is 11.1. The van der Waals surface area contributed by atoms with Crippen molar-refractivity contribution in [2.75, 3.05) is 5.32 Å². The normalized spacial score (nSPS) is 12.2.